The fourth-order valence-corrected chi connectivity index (χ4v) is 2.23. The monoisotopic (exact) mass is 234 g/mol. The van der Waals surface area contributed by atoms with Crippen LogP contribution in [0.2, 0.25) is 0 Å². The van der Waals surface area contributed by atoms with Crippen LogP contribution >= 0.6 is 0 Å². The number of hydrogen-bond donors (Lipinski definition) is 1. The van der Waals surface area contributed by atoms with Crippen molar-refractivity contribution in [1.29, 1.82) is 0 Å². The van der Waals surface area contributed by atoms with Gasteiger partial charge in [-0.15, -0.1) is 0 Å². The second-order valence-corrected chi connectivity index (χ2v) is 4.22. The number of rotatable bonds is 3. The Morgan fingerprint density at radius 3 is 3.06 bits per heavy atom. The molecule has 1 atom stereocenters. The molecule has 1 N–H and O–H groups in total. The van der Waals surface area contributed by atoms with E-state index in [0.29, 0.717) is 5.75 Å². The average molecular weight is 234 g/mol. The van der Waals surface area contributed by atoms with Gasteiger partial charge in [-0.05, 0) is 42.4 Å². The van der Waals surface area contributed by atoms with Gasteiger partial charge in [0.2, 0.25) is 6.29 Å². The smallest absolute Gasteiger partial charge is 0.376 e. The molecule has 0 saturated heterocycles. The molecule has 0 radical (unpaired) electrons. The lowest BCUT2D eigenvalue weighted by atomic mass is 9.84. The van der Waals surface area contributed by atoms with E-state index in [4.69, 9.17) is 9.84 Å². The predicted molar refractivity (Wildman–Crippen MR) is 60.7 cm³/mol. The topological polar surface area (TPSA) is 63.6 Å². The summed E-state index contributed by atoms with van der Waals surface area (Å²) in [5, 5.41) is 9.14. The van der Waals surface area contributed by atoms with Crippen LogP contribution in [0.25, 0.3) is 0 Å². The van der Waals surface area contributed by atoms with Crippen molar-refractivity contribution in [2.24, 2.45) is 5.92 Å². The first-order chi connectivity index (χ1) is 8.24. The lowest BCUT2D eigenvalue weighted by molar-refractivity contribution is -0.141. The molecule has 0 saturated carbocycles. The van der Waals surface area contributed by atoms with Gasteiger partial charge in [0.15, 0.2) is 0 Å². The molecule has 1 aliphatic rings. The van der Waals surface area contributed by atoms with Gasteiger partial charge >= 0.3 is 5.97 Å². The van der Waals surface area contributed by atoms with Crippen LogP contribution in [-0.2, 0) is 22.4 Å². The third-order valence-electron chi connectivity index (χ3n) is 3.11. The van der Waals surface area contributed by atoms with E-state index in [1.54, 1.807) is 12.1 Å². The Bertz CT molecular complexity index is 439. The first kappa shape index (κ1) is 11.8. The maximum Gasteiger partial charge on any atom is 0.376 e. The van der Waals surface area contributed by atoms with E-state index in [1.807, 2.05) is 6.07 Å². The van der Waals surface area contributed by atoms with Crippen LogP contribution in [0.3, 0.4) is 0 Å². The zero-order chi connectivity index (χ0) is 12.3. The summed E-state index contributed by atoms with van der Waals surface area (Å²) in [6.07, 6.45) is 2.60. The van der Waals surface area contributed by atoms with Gasteiger partial charge in [0, 0.05) is 6.61 Å². The molecule has 4 nitrogen and oxygen atoms in total. The van der Waals surface area contributed by atoms with Crippen LogP contribution in [-0.4, -0.2) is 24.0 Å². The molecule has 1 unspecified atom stereocenters. The summed E-state index contributed by atoms with van der Waals surface area (Å²) in [6.45, 7) is 0.178. The van der Waals surface area contributed by atoms with Gasteiger partial charge in [0.1, 0.15) is 5.75 Å². The number of ether oxygens (including phenoxy) is 1. The van der Waals surface area contributed by atoms with Crippen LogP contribution in [0.1, 0.15) is 17.5 Å². The van der Waals surface area contributed by atoms with Crippen molar-refractivity contribution in [1.82, 2.24) is 0 Å². The molecular formula is C13H14O4. The first-order valence-corrected chi connectivity index (χ1v) is 5.63. The number of carbonyl (C=O) groups is 2. The highest BCUT2D eigenvalue weighted by atomic mass is 16.5. The molecule has 4 heteroatoms. The van der Waals surface area contributed by atoms with E-state index < -0.39 is 5.97 Å². The largest absolute Gasteiger partial charge is 0.421 e. The number of carbonyl (C=O) groups excluding carboxylic acids is 2. The zero-order valence-electron chi connectivity index (χ0n) is 9.39. The Balaban J connectivity index is 2.25. The van der Waals surface area contributed by atoms with Crippen molar-refractivity contribution in [3.05, 3.63) is 29.3 Å². The Labute approximate surface area is 99.2 Å². The second-order valence-electron chi connectivity index (χ2n) is 4.22. The van der Waals surface area contributed by atoms with E-state index >= 15 is 0 Å². The summed E-state index contributed by atoms with van der Waals surface area (Å²) in [6, 6.07) is 5.46. The van der Waals surface area contributed by atoms with Crippen LogP contribution < -0.4 is 4.74 Å². The van der Waals surface area contributed by atoms with E-state index in [1.165, 1.54) is 0 Å². The SMILES string of the molecule is O=CC(=O)Oc1cccc2c1CCC(CO)C2. The van der Waals surface area contributed by atoms with Gasteiger partial charge in [-0.2, -0.15) is 0 Å². The molecule has 0 amide bonds. The van der Waals surface area contributed by atoms with Gasteiger partial charge in [0.25, 0.3) is 0 Å². The maximum absolute atomic E-state index is 11.0. The lowest BCUT2D eigenvalue weighted by Gasteiger charge is -2.24. The molecule has 0 heterocycles. The van der Waals surface area contributed by atoms with Crippen molar-refractivity contribution in [3.8, 4) is 5.75 Å². The number of fused-ring (bicyclic) bond motifs is 1. The number of aldehydes is 1. The molecule has 90 valence electrons. The molecule has 0 spiro atoms. The van der Waals surface area contributed by atoms with E-state index in [2.05, 4.69) is 0 Å². The highest BCUT2D eigenvalue weighted by molar-refractivity contribution is 6.21. The molecule has 1 aromatic rings. The maximum atomic E-state index is 11.0. The molecule has 0 fully saturated rings. The quantitative estimate of drug-likeness (QED) is 0.365. The normalized spacial score (nSPS) is 18.3. The lowest BCUT2D eigenvalue weighted by Crippen LogP contribution is -2.19. The third-order valence-corrected chi connectivity index (χ3v) is 3.11. The van der Waals surface area contributed by atoms with Crippen LogP contribution in [0.15, 0.2) is 18.2 Å². The standard InChI is InChI=1S/C13H14O4/c14-7-9-4-5-11-10(6-9)2-1-3-12(11)17-13(16)8-15/h1-3,8-9,14H,4-7H2. The molecule has 0 aliphatic heterocycles. The van der Waals surface area contributed by atoms with Gasteiger partial charge in [-0.25, -0.2) is 4.79 Å². The summed E-state index contributed by atoms with van der Waals surface area (Å²) in [4.78, 5) is 21.2. The first-order valence-electron chi connectivity index (χ1n) is 5.63. The van der Waals surface area contributed by atoms with E-state index in [-0.39, 0.29) is 18.8 Å². The number of esters is 1. The van der Waals surface area contributed by atoms with E-state index in [0.717, 1.165) is 30.4 Å². The average Bonchev–Trinajstić information content (AvgIpc) is 2.38. The van der Waals surface area contributed by atoms with Crippen molar-refractivity contribution in [3.63, 3.8) is 0 Å². The summed E-state index contributed by atoms with van der Waals surface area (Å²) in [5.41, 5.74) is 2.07. The number of aliphatic hydroxyl groups excluding tert-OH is 1. The zero-order valence-corrected chi connectivity index (χ0v) is 9.39. The number of hydrogen-bond acceptors (Lipinski definition) is 4. The second kappa shape index (κ2) is 5.10. The number of aliphatic hydroxyl groups is 1. The molecule has 2 rings (SSSR count). The Morgan fingerprint density at radius 1 is 1.53 bits per heavy atom. The Hall–Kier alpha value is -1.68. The van der Waals surface area contributed by atoms with Crippen LogP contribution in [0, 0.1) is 5.92 Å². The fraction of sp³-hybridized carbons (Fsp3) is 0.385. The summed E-state index contributed by atoms with van der Waals surface area (Å²) < 4.78 is 4.96. The highest BCUT2D eigenvalue weighted by Crippen LogP contribution is 2.31. The molecule has 0 bridgehead atoms. The van der Waals surface area contributed by atoms with Gasteiger partial charge in [-0.3, -0.25) is 4.79 Å². The number of benzene rings is 1. The molecule has 1 aliphatic carbocycles. The summed E-state index contributed by atoms with van der Waals surface area (Å²) in [5.74, 6) is -0.127. The van der Waals surface area contributed by atoms with Crippen molar-refractivity contribution >= 4 is 12.3 Å². The Kier molecular flexibility index (Phi) is 3.54. The molecular weight excluding hydrogens is 220 g/mol. The van der Waals surface area contributed by atoms with Crippen molar-refractivity contribution in [2.75, 3.05) is 6.61 Å². The van der Waals surface area contributed by atoms with Crippen molar-refractivity contribution < 1.29 is 19.4 Å². The minimum absolute atomic E-state index is 0.165. The van der Waals surface area contributed by atoms with Crippen LogP contribution in [0.5, 0.6) is 5.75 Å². The minimum Gasteiger partial charge on any atom is -0.421 e. The molecule has 0 aromatic heterocycles. The minimum atomic E-state index is -0.873. The summed E-state index contributed by atoms with van der Waals surface area (Å²) >= 11 is 0. The molecule has 17 heavy (non-hydrogen) atoms. The predicted octanol–water partition coefficient (Wildman–Crippen LogP) is 0.888. The highest BCUT2D eigenvalue weighted by Gasteiger charge is 2.21. The molecule has 1 aromatic carbocycles. The van der Waals surface area contributed by atoms with E-state index in [9.17, 15) is 9.59 Å². The van der Waals surface area contributed by atoms with Crippen LogP contribution in [0.4, 0.5) is 0 Å². The van der Waals surface area contributed by atoms with Gasteiger partial charge in [0.05, 0.1) is 0 Å². The Morgan fingerprint density at radius 2 is 2.35 bits per heavy atom. The fourth-order valence-electron chi connectivity index (χ4n) is 2.23. The van der Waals surface area contributed by atoms with Crippen molar-refractivity contribution in [2.45, 2.75) is 19.3 Å². The van der Waals surface area contributed by atoms with Gasteiger partial charge in [-0.1, -0.05) is 12.1 Å². The van der Waals surface area contributed by atoms with Gasteiger partial charge < -0.3 is 9.84 Å². The summed E-state index contributed by atoms with van der Waals surface area (Å²) in [7, 11) is 0. The third kappa shape index (κ3) is 2.53.